The lowest BCUT2D eigenvalue weighted by Gasteiger charge is -2.16. The molecule has 0 saturated heterocycles. The van der Waals surface area contributed by atoms with Crippen molar-refractivity contribution in [1.29, 1.82) is 0 Å². The predicted octanol–water partition coefficient (Wildman–Crippen LogP) is 2.55. The van der Waals surface area contributed by atoms with Crippen molar-refractivity contribution in [1.82, 2.24) is 9.55 Å². The van der Waals surface area contributed by atoms with Crippen LogP contribution in [-0.2, 0) is 0 Å². The third-order valence-electron chi connectivity index (χ3n) is 4.94. The number of hydrogen-bond donors (Lipinski definition) is 4. The van der Waals surface area contributed by atoms with Crippen LogP contribution in [0.4, 0.5) is 0 Å². The van der Waals surface area contributed by atoms with E-state index in [1.165, 1.54) is 0 Å². The molecule has 3 atom stereocenters. The highest BCUT2D eigenvalue weighted by atomic mass is 16.5. The molecule has 2 unspecified atom stereocenters. The van der Waals surface area contributed by atoms with E-state index >= 15 is 0 Å². The molecule has 0 saturated carbocycles. The fourth-order valence-electron chi connectivity index (χ4n) is 3.18. The van der Waals surface area contributed by atoms with Gasteiger partial charge in [-0.1, -0.05) is 48.6 Å². The summed E-state index contributed by atoms with van der Waals surface area (Å²) in [6.45, 7) is 1.89. The van der Waals surface area contributed by atoms with Gasteiger partial charge in [0.25, 0.3) is 0 Å². The number of aliphatic hydroxyl groups is 3. The van der Waals surface area contributed by atoms with Crippen LogP contribution in [0.3, 0.4) is 0 Å². The Morgan fingerprint density at radius 3 is 2.29 bits per heavy atom. The van der Waals surface area contributed by atoms with E-state index in [1.807, 2.05) is 60.7 Å². The monoisotopic (exact) mass is 423 g/mol. The molecule has 0 spiro atoms. The number of benzene rings is 2. The van der Waals surface area contributed by atoms with Crippen LogP contribution in [0.1, 0.15) is 30.5 Å². The summed E-state index contributed by atoms with van der Waals surface area (Å²) in [6, 6.07) is 15.4. The van der Waals surface area contributed by atoms with Crippen LogP contribution in [0, 0.1) is 0 Å². The summed E-state index contributed by atoms with van der Waals surface area (Å²) in [5.74, 6) is 1.20. The molecule has 2 aromatic carbocycles. The third kappa shape index (κ3) is 6.02. The fraction of sp³-hybridized carbons (Fsp3) is 0.292. The molecule has 0 aliphatic rings. The smallest absolute Gasteiger partial charge is 0.137 e. The quantitative estimate of drug-likeness (QED) is 0.399. The minimum absolute atomic E-state index is 0.0958. The molecule has 0 fully saturated rings. The van der Waals surface area contributed by atoms with Crippen molar-refractivity contribution in [2.75, 3.05) is 19.8 Å². The van der Waals surface area contributed by atoms with Gasteiger partial charge in [-0.15, -0.1) is 0 Å². The summed E-state index contributed by atoms with van der Waals surface area (Å²) < 4.78 is 7.28. The molecule has 3 rings (SSSR count). The van der Waals surface area contributed by atoms with Crippen molar-refractivity contribution < 1.29 is 20.1 Å². The molecule has 7 nitrogen and oxygen atoms in total. The van der Waals surface area contributed by atoms with Gasteiger partial charge in [-0.2, -0.15) is 0 Å². The van der Waals surface area contributed by atoms with E-state index in [4.69, 9.17) is 10.5 Å². The summed E-state index contributed by atoms with van der Waals surface area (Å²) in [5, 5.41) is 29.1. The first-order chi connectivity index (χ1) is 15.0. The van der Waals surface area contributed by atoms with Gasteiger partial charge in [0.05, 0.1) is 12.6 Å². The first-order valence-electron chi connectivity index (χ1n) is 10.2. The minimum atomic E-state index is -0.709. The van der Waals surface area contributed by atoms with E-state index in [0.717, 1.165) is 16.7 Å². The van der Waals surface area contributed by atoms with E-state index in [1.54, 1.807) is 23.9 Å². The zero-order valence-electron chi connectivity index (χ0n) is 17.5. The van der Waals surface area contributed by atoms with Gasteiger partial charge in [-0.25, -0.2) is 4.98 Å². The summed E-state index contributed by atoms with van der Waals surface area (Å²) in [6.07, 6.45) is 5.82. The molecule has 164 valence electrons. The van der Waals surface area contributed by atoms with Gasteiger partial charge in [-0.05, 0) is 35.7 Å². The average molecular weight is 424 g/mol. The SMILES string of the molecule is C[C@H](O)c1nccn1C(/C=C/c1ccc(-c2ccc(OCC(O)CN)cc2)cc1)CO. The van der Waals surface area contributed by atoms with E-state index in [2.05, 4.69) is 4.98 Å². The Labute approximate surface area is 182 Å². The largest absolute Gasteiger partial charge is 0.491 e. The number of aromatic nitrogens is 2. The normalized spacial score (nSPS) is 14.5. The first kappa shape index (κ1) is 22.7. The molecule has 0 aliphatic carbocycles. The lowest BCUT2D eigenvalue weighted by atomic mass is 10.0. The Balaban J connectivity index is 1.66. The van der Waals surface area contributed by atoms with E-state index in [9.17, 15) is 15.3 Å². The van der Waals surface area contributed by atoms with E-state index in [-0.39, 0.29) is 25.8 Å². The van der Waals surface area contributed by atoms with Gasteiger partial charge >= 0.3 is 0 Å². The van der Waals surface area contributed by atoms with Crippen molar-refractivity contribution in [3.8, 4) is 16.9 Å². The maximum atomic E-state index is 9.83. The molecule has 5 N–H and O–H groups in total. The molecule has 3 aromatic rings. The molecule has 0 aliphatic heterocycles. The molecule has 0 bridgehead atoms. The second kappa shape index (κ2) is 10.9. The lowest BCUT2D eigenvalue weighted by molar-refractivity contribution is 0.114. The van der Waals surface area contributed by atoms with Gasteiger partial charge in [0.1, 0.15) is 30.4 Å². The Bertz CT molecular complexity index is 965. The number of imidazole rings is 1. The number of ether oxygens (including phenoxy) is 1. The number of nitrogens with two attached hydrogens (primary N) is 1. The van der Waals surface area contributed by atoms with Crippen molar-refractivity contribution >= 4 is 6.08 Å². The van der Waals surface area contributed by atoms with E-state index < -0.39 is 12.2 Å². The minimum Gasteiger partial charge on any atom is -0.491 e. The third-order valence-corrected chi connectivity index (χ3v) is 4.94. The summed E-state index contributed by atoms with van der Waals surface area (Å²) in [5.41, 5.74) is 8.49. The van der Waals surface area contributed by atoms with E-state index in [0.29, 0.717) is 11.6 Å². The Morgan fingerprint density at radius 1 is 1.06 bits per heavy atom. The van der Waals surface area contributed by atoms with Gasteiger partial charge in [0.2, 0.25) is 0 Å². The molecule has 1 heterocycles. The number of nitrogens with zero attached hydrogens (tertiary/aromatic N) is 2. The van der Waals surface area contributed by atoms with Gasteiger partial charge < -0.3 is 30.4 Å². The molecule has 0 amide bonds. The zero-order valence-corrected chi connectivity index (χ0v) is 17.5. The van der Waals surface area contributed by atoms with Crippen molar-refractivity contribution in [3.05, 3.63) is 78.4 Å². The zero-order chi connectivity index (χ0) is 22.2. The highest BCUT2D eigenvalue weighted by molar-refractivity contribution is 5.66. The summed E-state index contributed by atoms with van der Waals surface area (Å²) >= 11 is 0. The van der Waals surface area contributed by atoms with Crippen molar-refractivity contribution in [2.24, 2.45) is 5.73 Å². The Hall–Kier alpha value is -2.97. The topological polar surface area (TPSA) is 114 Å². The standard InChI is InChI=1S/C24H29N3O4/c1-17(29)24-26-12-13-27(24)21(15-28)9-4-18-2-5-19(6-3-18)20-7-10-23(11-8-20)31-16-22(30)14-25/h2-13,17,21-22,28-30H,14-16,25H2,1H3/b9-4+/t17-,21?,22?/m0/s1. The maximum Gasteiger partial charge on any atom is 0.137 e. The Morgan fingerprint density at radius 2 is 1.71 bits per heavy atom. The maximum absolute atomic E-state index is 9.83. The van der Waals surface area contributed by atoms with Crippen molar-refractivity contribution in [3.63, 3.8) is 0 Å². The molecular weight excluding hydrogens is 394 g/mol. The van der Waals surface area contributed by atoms with Gasteiger partial charge in [-0.3, -0.25) is 0 Å². The van der Waals surface area contributed by atoms with Crippen LogP contribution in [-0.4, -0.2) is 50.7 Å². The molecule has 31 heavy (non-hydrogen) atoms. The van der Waals surface area contributed by atoms with Crippen LogP contribution in [0.2, 0.25) is 0 Å². The lowest BCUT2D eigenvalue weighted by Crippen LogP contribution is -2.26. The highest BCUT2D eigenvalue weighted by Crippen LogP contribution is 2.24. The average Bonchev–Trinajstić information content (AvgIpc) is 3.29. The van der Waals surface area contributed by atoms with Crippen LogP contribution < -0.4 is 10.5 Å². The number of aliphatic hydroxyl groups excluding tert-OH is 3. The molecular formula is C24H29N3O4. The summed E-state index contributed by atoms with van der Waals surface area (Å²) in [7, 11) is 0. The second-order valence-corrected chi connectivity index (χ2v) is 7.32. The number of rotatable bonds is 10. The van der Waals surface area contributed by atoms with Crippen LogP contribution in [0.5, 0.6) is 5.75 Å². The van der Waals surface area contributed by atoms with Crippen LogP contribution in [0.15, 0.2) is 67.0 Å². The first-order valence-corrected chi connectivity index (χ1v) is 10.2. The highest BCUT2D eigenvalue weighted by Gasteiger charge is 2.14. The molecule has 0 radical (unpaired) electrons. The van der Waals surface area contributed by atoms with Crippen LogP contribution in [0.25, 0.3) is 17.2 Å². The van der Waals surface area contributed by atoms with Crippen LogP contribution >= 0.6 is 0 Å². The number of hydrogen-bond acceptors (Lipinski definition) is 6. The summed E-state index contributed by atoms with van der Waals surface area (Å²) in [4.78, 5) is 4.16. The Kier molecular flexibility index (Phi) is 7.97. The van der Waals surface area contributed by atoms with Gasteiger partial charge in [0, 0.05) is 18.9 Å². The molecule has 1 aromatic heterocycles. The second-order valence-electron chi connectivity index (χ2n) is 7.32. The fourth-order valence-corrected chi connectivity index (χ4v) is 3.18. The molecule has 7 heteroatoms. The van der Waals surface area contributed by atoms with Gasteiger partial charge in [0.15, 0.2) is 0 Å². The van der Waals surface area contributed by atoms with Crippen molar-refractivity contribution in [2.45, 2.75) is 25.2 Å². The predicted molar refractivity (Wildman–Crippen MR) is 120 cm³/mol.